The largest absolute Gasteiger partial charge is 0.416 e. The summed E-state index contributed by atoms with van der Waals surface area (Å²) in [7, 11) is 0. The molecule has 1 fully saturated rings. The van der Waals surface area contributed by atoms with Crippen LogP contribution in [-0.2, 0) is 6.18 Å². The summed E-state index contributed by atoms with van der Waals surface area (Å²) in [5, 5.41) is 9.81. The van der Waals surface area contributed by atoms with E-state index in [9.17, 15) is 18.3 Å². The van der Waals surface area contributed by atoms with E-state index in [1.165, 1.54) is 18.2 Å². The summed E-state index contributed by atoms with van der Waals surface area (Å²) in [4.78, 5) is 0. The molecule has 0 heterocycles. The molecule has 0 radical (unpaired) electrons. The first-order chi connectivity index (χ1) is 7.91. The van der Waals surface area contributed by atoms with Crippen molar-refractivity contribution in [3.63, 3.8) is 0 Å². The Hall–Kier alpha value is -0.780. The second-order valence-corrected chi connectivity index (χ2v) is 4.44. The van der Waals surface area contributed by atoms with E-state index in [2.05, 4.69) is 0 Å². The first-order valence-corrected chi connectivity index (χ1v) is 5.51. The summed E-state index contributed by atoms with van der Waals surface area (Å²) in [5.41, 5.74) is 4.94. The summed E-state index contributed by atoms with van der Waals surface area (Å²) >= 11 is 0. The lowest BCUT2D eigenvalue weighted by Gasteiger charge is -2.22. The molecule has 3 N–H and O–H groups in total. The number of benzene rings is 1. The number of aliphatic hydroxyl groups is 1. The monoisotopic (exact) mass is 281 g/mol. The maximum atomic E-state index is 12.8. The van der Waals surface area contributed by atoms with E-state index in [1.807, 2.05) is 0 Å². The topological polar surface area (TPSA) is 46.2 Å². The molecular weight excluding hydrogens is 267 g/mol. The van der Waals surface area contributed by atoms with Crippen LogP contribution in [0.3, 0.4) is 0 Å². The van der Waals surface area contributed by atoms with Gasteiger partial charge < -0.3 is 10.8 Å². The second-order valence-electron chi connectivity index (χ2n) is 4.44. The molecule has 102 valence electrons. The van der Waals surface area contributed by atoms with Crippen LogP contribution in [0.25, 0.3) is 0 Å². The Balaban J connectivity index is 0.00000162. The lowest BCUT2D eigenvalue weighted by atomic mass is 9.94. The number of rotatable bonds is 3. The van der Waals surface area contributed by atoms with Gasteiger partial charge >= 0.3 is 6.18 Å². The highest BCUT2D eigenvalue weighted by molar-refractivity contribution is 5.85. The lowest BCUT2D eigenvalue weighted by molar-refractivity contribution is -0.138. The standard InChI is InChI=1S/C12H14F3NO.ClH/c13-12(14,15)9-4-2-1-3-8(9)10(16)11(17)7-5-6-7;/h1-4,7,10-11,17H,5-6,16H2;1H/t10-,11+;/m0./s1. The molecule has 6 heteroatoms. The Morgan fingerprint density at radius 2 is 1.78 bits per heavy atom. The van der Waals surface area contributed by atoms with Crippen LogP contribution in [0.2, 0.25) is 0 Å². The van der Waals surface area contributed by atoms with Crippen molar-refractivity contribution in [2.75, 3.05) is 0 Å². The SMILES string of the molecule is Cl.N[C@@H](c1ccccc1C(F)(F)F)[C@H](O)C1CC1. The third-order valence-corrected chi connectivity index (χ3v) is 3.10. The summed E-state index contributed by atoms with van der Waals surface area (Å²) in [6, 6.07) is 4.18. The Bertz CT molecular complexity index is 407. The van der Waals surface area contributed by atoms with Crippen LogP contribution in [0.15, 0.2) is 24.3 Å². The fourth-order valence-corrected chi connectivity index (χ4v) is 1.96. The molecule has 0 amide bonds. The summed E-state index contributed by atoms with van der Waals surface area (Å²) in [6.45, 7) is 0. The van der Waals surface area contributed by atoms with Gasteiger partial charge in [-0.1, -0.05) is 18.2 Å². The molecule has 1 saturated carbocycles. The molecular formula is C12H15ClF3NO. The maximum absolute atomic E-state index is 12.8. The fraction of sp³-hybridized carbons (Fsp3) is 0.500. The zero-order chi connectivity index (χ0) is 12.6. The number of hydrogen-bond donors (Lipinski definition) is 2. The van der Waals surface area contributed by atoms with E-state index < -0.39 is 23.9 Å². The first-order valence-electron chi connectivity index (χ1n) is 5.51. The molecule has 0 spiro atoms. The highest BCUT2D eigenvalue weighted by atomic mass is 35.5. The molecule has 0 aliphatic heterocycles. The number of nitrogens with two attached hydrogens (primary N) is 1. The van der Waals surface area contributed by atoms with Gasteiger partial charge in [0.2, 0.25) is 0 Å². The molecule has 18 heavy (non-hydrogen) atoms. The van der Waals surface area contributed by atoms with Crippen molar-refractivity contribution in [2.24, 2.45) is 11.7 Å². The van der Waals surface area contributed by atoms with Crippen LogP contribution in [0.1, 0.15) is 30.0 Å². The van der Waals surface area contributed by atoms with Crippen LogP contribution >= 0.6 is 12.4 Å². The molecule has 2 atom stereocenters. The molecule has 1 aromatic carbocycles. The third-order valence-electron chi connectivity index (χ3n) is 3.10. The smallest absolute Gasteiger partial charge is 0.391 e. The summed E-state index contributed by atoms with van der Waals surface area (Å²) < 4.78 is 38.3. The molecule has 0 bridgehead atoms. The third kappa shape index (κ3) is 3.16. The maximum Gasteiger partial charge on any atom is 0.416 e. The van der Waals surface area contributed by atoms with Crippen molar-refractivity contribution in [1.82, 2.24) is 0 Å². The Kier molecular flexibility index (Phi) is 4.64. The van der Waals surface area contributed by atoms with Gasteiger partial charge in [0, 0.05) is 0 Å². The highest BCUT2D eigenvalue weighted by Crippen LogP contribution is 2.40. The lowest BCUT2D eigenvalue weighted by Crippen LogP contribution is -2.30. The molecule has 1 aliphatic carbocycles. The fourth-order valence-electron chi connectivity index (χ4n) is 1.96. The van der Waals surface area contributed by atoms with Crippen molar-refractivity contribution in [2.45, 2.75) is 31.2 Å². The Morgan fingerprint density at radius 1 is 1.22 bits per heavy atom. The average molecular weight is 282 g/mol. The van der Waals surface area contributed by atoms with Crippen molar-refractivity contribution in [1.29, 1.82) is 0 Å². The van der Waals surface area contributed by atoms with E-state index >= 15 is 0 Å². The van der Waals surface area contributed by atoms with Gasteiger partial charge in [-0.05, 0) is 30.4 Å². The van der Waals surface area contributed by atoms with E-state index in [0.717, 1.165) is 18.9 Å². The predicted molar refractivity (Wildman–Crippen MR) is 64.4 cm³/mol. The minimum atomic E-state index is -4.43. The van der Waals surface area contributed by atoms with E-state index in [-0.39, 0.29) is 23.9 Å². The number of hydrogen-bond acceptors (Lipinski definition) is 2. The van der Waals surface area contributed by atoms with Crippen molar-refractivity contribution in [3.05, 3.63) is 35.4 Å². The van der Waals surface area contributed by atoms with Crippen LogP contribution in [-0.4, -0.2) is 11.2 Å². The van der Waals surface area contributed by atoms with Crippen molar-refractivity contribution >= 4 is 12.4 Å². The van der Waals surface area contributed by atoms with Gasteiger partial charge in [0.25, 0.3) is 0 Å². The van der Waals surface area contributed by atoms with Gasteiger partial charge in [-0.15, -0.1) is 12.4 Å². The highest BCUT2D eigenvalue weighted by Gasteiger charge is 2.39. The number of alkyl halides is 3. The molecule has 0 saturated heterocycles. The zero-order valence-corrected chi connectivity index (χ0v) is 10.3. The van der Waals surface area contributed by atoms with Crippen LogP contribution in [0, 0.1) is 5.92 Å². The molecule has 0 unspecified atom stereocenters. The van der Waals surface area contributed by atoms with Gasteiger partial charge in [0.15, 0.2) is 0 Å². The second kappa shape index (κ2) is 5.47. The van der Waals surface area contributed by atoms with Crippen molar-refractivity contribution in [3.8, 4) is 0 Å². The van der Waals surface area contributed by atoms with Crippen LogP contribution in [0.5, 0.6) is 0 Å². The molecule has 2 rings (SSSR count). The quantitative estimate of drug-likeness (QED) is 0.895. The Morgan fingerprint density at radius 3 is 2.28 bits per heavy atom. The Labute approximate surface area is 109 Å². The summed E-state index contributed by atoms with van der Waals surface area (Å²) in [5.74, 6) is 0.0475. The molecule has 1 aromatic rings. The van der Waals surface area contributed by atoms with Gasteiger partial charge in [-0.3, -0.25) is 0 Å². The van der Waals surface area contributed by atoms with E-state index in [4.69, 9.17) is 5.73 Å². The zero-order valence-electron chi connectivity index (χ0n) is 9.52. The van der Waals surface area contributed by atoms with Gasteiger partial charge in [-0.25, -0.2) is 0 Å². The minimum Gasteiger partial charge on any atom is -0.391 e. The van der Waals surface area contributed by atoms with Crippen LogP contribution in [0.4, 0.5) is 13.2 Å². The first kappa shape index (κ1) is 15.3. The normalized spacial score (nSPS) is 18.9. The van der Waals surface area contributed by atoms with Crippen molar-refractivity contribution < 1.29 is 18.3 Å². The predicted octanol–water partition coefficient (Wildman–Crippen LogP) is 2.90. The van der Waals surface area contributed by atoms with Gasteiger partial charge in [0.1, 0.15) is 0 Å². The number of aliphatic hydroxyl groups excluding tert-OH is 1. The average Bonchev–Trinajstić information content (AvgIpc) is 3.10. The molecule has 0 aromatic heterocycles. The molecule has 2 nitrogen and oxygen atoms in total. The summed E-state index contributed by atoms with van der Waals surface area (Å²) in [6.07, 6.45) is -3.65. The van der Waals surface area contributed by atoms with E-state index in [0.29, 0.717) is 0 Å². The van der Waals surface area contributed by atoms with Gasteiger partial charge in [0.05, 0.1) is 17.7 Å². The minimum absolute atomic E-state index is 0. The van der Waals surface area contributed by atoms with E-state index in [1.54, 1.807) is 0 Å². The van der Waals surface area contributed by atoms with Crippen LogP contribution < -0.4 is 5.73 Å². The molecule has 1 aliphatic rings. The van der Waals surface area contributed by atoms with Gasteiger partial charge in [-0.2, -0.15) is 13.2 Å². The number of halogens is 4.